The number of rotatable bonds is 39. The van der Waals surface area contributed by atoms with Crippen molar-refractivity contribution in [3.8, 4) is 0 Å². The maximum absolute atomic E-state index is 11.0. The first-order chi connectivity index (χ1) is 35.3. The molecule has 2 radical (unpaired) electrons. The van der Waals surface area contributed by atoms with E-state index in [-0.39, 0.29) is 81.7 Å². The van der Waals surface area contributed by atoms with Crippen LogP contribution in [0.15, 0.2) is 0 Å². The molecule has 0 spiro atoms. The van der Waals surface area contributed by atoms with Crippen molar-refractivity contribution in [1.82, 2.24) is 0 Å². The SMILES string of the molecule is CCCCC(CC)(CC)C(=O)[O-].CCCCC(CC)(CC)C(=O)[O-].CCCCC(CC)(CC)C(=O)[O-].CCCCCC(CC)(CC)C(=O)[O-].CCCCCC(CC)(CC)C(=O)[O-].CCCCCC(CC)(CC)C(=O)[O-].[Nd+3].[Nd+3]. The largest absolute Gasteiger partial charge is 3.00 e. The first-order valence-electron chi connectivity index (χ1n) is 30.5. The maximum Gasteiger partial charge on any atom is 3.00 e. The predicted molar refractivity (Wildman–Crippen MR) is 299 cm³/mol. The van der Waals surface area contributed by atoms with Gasteiger partial charge >= 0.3 is 81.7 Å². The zero-order valence-electron chi connectivity index (χ0n) is 53.2. The molecule has 452 valence electrons. The van der Waals surface area contributed by atoms with E-state index < -0.39 is 68.3 Å². The zero-order chi connectivity index (χ0) is 59.8. The number of unbranched alkanes of at least 4 members (excludes halogenated alkanes) is 9. The molecule has 0 aliphatic rings. The van der Waals surface area contributed by atoms with Crippen LogP contribution in [0.2, 0.25) is 0 Å². The second-order valence-corrected chi connectivity index (χ2v) is 21.3. The Bertz CT molecular complexity index is 1240. The van der Waals surface area contributed by atoms with Gasteiger partial charge in [-0.1, -0.05) is 221 Å². The Morgan fingerprint density at radius 2 is 0.312 bits per heavy atom. The average Bonchev–Trinajstić information content (AvgIpc) is 3.40. The molecule has 0 aromatic carbocycles. The van der Waals surface area contributed by atoms with Crippen LogP contribution in [0, 0.1) is 114 Å². The molecule has 0 N–H and O–H groups in total. The third-order valence-electron chi connectivity index (χ3n) is 17.5. The maximum atomic E-state index is 11.0. The van der Waals surface area contributed by atoms with Crippen molar-refractivity contribution in [1.29, 1.82) is 0 Å². The van der Waals surface area contributed by atoms with Gasteiger partial charge in [0.2, 0.25) is 0 Å². The van der Waals surface area contributed by atoms with E-state index >= 15 is 0 Å². The van der Waals surface area contributed by atoms with E-state index in [4.69, 9.17) is 0 Å². The summed E-state index contributed by atoms with van der Waals surface area (Å²) in [4.78, 5) is 65.5. The summed E-state index contributed by atoms with van der Waals surface area (Å²) in [6.07, 6.45) is 28.8. The van der Waals surface area contributed by atoms with Crippen molar-refractivity contribution < 1.29 is 141 Å². The predicted octanol–water partition coefficient (Wildman–Crippen LogP) is 11.6. The van der Waals surface area contributed by atoms with E-state index in [1.54, 1.807) is 0 Å². The molecule has 0 atom stereocenters. The summed E-state index contributed by atoms with van der Waals surface area (Å²) >= 11 is 0. The van der Waals surface area contributed by atoms with Crippen LogP contribution < -0.4 is 30.6 Å². The van der Waals surface area contributed by atoms with Gasteiger partial charge in [0, 0.05) is 68.3 Å². The molecule has 77 heavy (non-hydrogen) atoms. The topological polar surface area (TPSA) is 241 Å². The minimum atomic E-state index is -0.874. The fourth-order valence-corrected chi connectivity index (χ4v) is 9.65. The van der Waals surface area contributed by atoms with Crippen molar-refractivity contribution in [2.24, 2.45) is 32.5 Å². The third kappa shape index (κ3) is 37.4. The fraction of sp³-hybridized carbons (Fsp3) is 0.905. The van der Waals surface area contributed by atoms with Gasteiger partial charge in [0.05, 0.1) is 0 Å². The molecule has 12 nitrogen and oxygen atoms in total. The molecule has 0 aliphatic heterocycles. The Balaban J connectivity index is -0.000000123. The second-order valence-electron chi connectivity index (χ2n) is 21.3. The number of hydrogen-bond donors (Lipinski definition) is 0. The molecule has 0 bridgehead atoms. The van der Waals surface area contributed by atoms with E-state index in [1.165, 1.54) is 0 Å². The second kappa shape index (κ2) is 56.0. The van der Waals surface area contributed by atoms with Crippen LogP contribution in [-0.4, -0.2) is 35.8 Å². The minimum absolute atomic E-state index is 0. The summed E-state index contributed by atoms with van der Waals surface area (Å²) in [5.41, 5.74) is -3.36. The monoisotopic (exact) mass is 1350 g/mol. The van der Waals surface area contributed by atoms with Crippen molar-refractivity contribution in [3.63, 3.8) is 0 Å². The quantitative estimate of drug-likeness (QED) is 0.0522. The molecule has 0 aromatic rings. The van der Waals surface area contributed by atoms with Gasteiger partial charge in [-0.05, 0) is 116 Å². The van der Waals surface area contributed by atoms with Gasteiger partial charge in [0.25, 0.3) is 0 Å². The first-order valence-corrected chi connectivity index (χ1v) is 30.5. The van der Waals surface area contributed by atoms with Crippen LogP contribution in [0.5, 0.6) is 0 Å². The van der Waals surface area contributed by atoms with Crippen molar-refractivity contribution in [2.45, 2.75) is 337 Å². The Labute approximate surface area is 540 Å². The Morgan fingerprint density at radius 1 is 0.208 bits per heavy atom. The van der Waals surface area contributed by atoms with Crippen molar-refractivity contribution in [3.05, 3.63) is 0 Å². The molecular formula is C63H120Nd2O12. The van der Waals surface area contributed by atoms with Crippen LogP contribution in [0.25, 0.3) is 0 Å². The van der Waals surface area contributed by atoms with E-state index in [9.17, 15) is 59.4 Å². The van der Waals surface area contributed by atoms with Crippen LogP contribution in [0.3, 0.4) is 0 Å². The molecular weight excluding hydrogens is 1240 g/mol. The molecule has 0 saturated carbocycles. The Kier molecular flexibility index (Phi) is 67.6. The summed E-state index contributed by atoms with van der Waals surface area (Å²) in [6, 6.07) is 0. The van der Waals surface area contributed by atoms with Crippen LogP contribution in [0.1, 0.15) is 337 Å². The van der Waals surface area contributed by atoms with Gasteiger partial charge < -0.3 is 59.4 Å². The standard InChI is InChI=1S/3C11H22O2.3C10H20O2.2Nd/c3*1-4-7-8-9-11(5-2,6-3)10(12)13;3*1-4-7-8-10(5-2,6-3)9(11)12;;/h3*4-9H2,1-3H3,(H,12,13);3*4-8H2,1-3H3,(H,11,12);;/q;;;;;;2*+3/p-6. The molecule has 0 saturated heterocycles. The molecule has 0 aromatic heterocycles. The van der Waals surface area contributed by atoms with Gasteiger partial charge in [0.1, 0.15) is 0 Å². The first kappa shape index (κ1) is 93.0. The summed E-state index contributed by atoms with van der Waals surface area (Å²) in [6.45, 7) is 35.8. The molecule has 0 rings (SSSR count). The summed E-state index contributed by atoms with van der Waals surface area (Å²) in [5, 5.41) is 65.5. The third-order valence-corrected chi connectivity index (χ3v) is 17.5. The minimum Gasteiger partial charge on any atom is -0.550 e. The normalized spacial score (nSPS) is 11.3. The van der Waals surface area contributed by atoms with Gasteiger partial charge in [-0.25, -0.2) is 0 Å². The smallest absolute Gasteiger partial charge is 0.550 e. The molecule has 0 heterocycles. The molecule has 0 aliphatic carbocycles. The summed E-state index contributed by atoms with van der Waals surface area (Å²) in [5.74, 6) is -5.22. The van der Waals surface area contributed by atoms with E-state index in [1.807, 2.05) is 83.1 Å². The van der Waals surface area contributed by atoms with E-state index in [2.05, 4.69) is 41.5 Å². The van der Waals surface area contributed by atoms with Crippen molar-refractivity contribution >= 4 is 35.8 Å². The summed E-state index contributed by atoms with van der Waals surface area (Å²) in [7, 11) is 0. The Morgan fingerprint density at radius 3 is 0.390 bits per heavy atom. The summed E-state index contributed by atoms with van der Waals surface area (Å²) < 4.78 is 0. The van der Waals surface area contributed by atoms with Gasteiger partial charge in [-0.2, -0.15) is 0 Å². The number of carbonyl (C=O) groups is 6. The average molecular weight is 1360 g/mol. The number of carboxylic acid groups (broad SMARTS) is 6. The molecule has 0 amide bonds. The molecule has 14 heteroatoms. The number of carbonyl (C=O) groups excluding carboxylic acids is 6. The van der Waals surface area contributed by atoms with Gasteiger partial charge in [0.15, 0.2) is 0 Å². The van der Waals surface area contributed by atoms with E-state index in [0.29, 0.717) is 77.0 Å². The van der Waals surface area contributed by atoms with Crippen LogP contribution in [0.4, 0.5) is 0 Å². The van der Waals surface area contributed by atoms with Gasteiger partial charge in [-0.3, -0.25) is 0 Å². The molecule has 0 unspecified atom stereocenters. The van der Waals surface area contributed by atoms with Crippen LogP contribution in [-0.2, 0) is 28.8 Å². The Hall–Kier alpha value is -0.479. The number of aliphatic carboxylic acids is 6. The fourth-order valence-electron chi connectivity index (χ4n) is 9.65. The van der Waals surface area contributed by atoms with E-state index in [0.717, 1.165) is 135 Å². The number of hydrogen-bond acceptors (Lipinski definition) is 12. The van der Waals surface area contributed by atoms with Crippen LogP contribution >= 0.6 is 0 Å². The number of carboxylic acids is 6. The van der Waals surface area contributed by atoms with Crippen molar-refractivity contribution in [2.75, 3.05) is 0 Å². The van der Waals surface area contributed by atoms with Gasteiger partial charge in [-0.15, -0.1) is 0 Å². The molecule has 0 fully saturated rings. The zero-order valence-corrected chi connectivity index (χ0v) is 59.6.